The molecule has 3 aliphatic heterocycles. The lowest BCUT2D eigenvalue weighted by molar-refractivity contribution is -0.163. The van der Waals surface area contributed by atoms with Gasteiger partial charge in [0.05, 0.1) is 12.2 Å². The first-order valence-electron chi connectivity index (χ1n) is 13.4. The lowest BCUT2D eigenvalue weighted by Gasteiger charge is -2.32. The molecule has 8 heteroatoms. The topological polar surface area (TPSA) is 78.8 Å². The van der Waals surface area contributed by atoms with Crippen molar-refractivity contribution < 1.29 is 14.4 Å². The number of aromatic nitrogens is 2. The molecular weight excluding hydrogens is 466 g/mol. The van der Waals surface area contributed by atoms with Crippen molar-refractivity contribution in [2.24, 2.45) is 12.5 Å². The van der Waals surface area contributed by atoms with Gasteiger partial charge in [-0.25, -0.2) is 9.99 Å². The highest BCUT2D eigenvalue weighted by Crippen LogP contribution is 2.53. The average Bonchev–Trinajstić information content (AvgIpc) is 3.43. The number of benzene rings is 1. The van der Waals surface area contributed by atoms with Crippen molar-refractivity contribution in [2.45, 2.75) is 58.0 Å². The fourth-order valence-corrected chi connectivity index (χ4v) is 6.32. The maximum Gasteiger partial charge on any atom is 0.273 e. The van der Waals surface area contributed by atoms with Crippen LogP contribution >= 0.6 is 0 Å². The predicted octanol–water partition coefficient (Wildman–Crippen LogP) is 4.03. The molecule has 4 aliphatic rings. The zero-order chi connectivity index (χ0) is 25.3. The van der Waals surface area contributed by atoms with Gasteiger partial charge in [-0.1, -0.05) is 6.07 Å². The summed E-state index contributed by atoms with van der Waals surface area (Å²) in [6, 6.07) is 10.1. The van der Waals surface area contributed by atoms with Gasteiger partial charge in [0.25, 0.3) is 5.91 Å². The van der Waals surface area contributed by atoms with Gasteiger partial charge in [-0.3, -0.25) is 19.3 Å². The highest BCUT2D eigenvalue weighted by atomic mass is 16.2. The van der Waals surface area contributed by atoms with E-state index in [1.165, 1.54) is 41.6 Å². The summed E-state index contributed by atoms with van der Waals surface area (Å²) in [6.07, 6.45) is 8.61. The van der Waals surface area contributed by atoms with Crippen LogP contribution in [-0.4, -0.2) is 55.3 Å². The van der Waals surface area contributed by atoms with Crippen LogP contribution in [-0.2, 0) is 29.7 Å². The number of pyridine rings is 1. The molecule has 190 valence electrons. The number of hydrogen-bond donors (Lipinski definition) is 0. The SMILES string of the molecule is Cn1ccc2c(CN3CCC4(CC3)CC4)cc(-c3ccc4c(c3)CN(N3C(=O)CCCC3=O)C4=O)nc21. The van der Waals surface area contributed by atoms with Gasteiger partial charge in [-0.2, -0.15) is 5.01 Å². The molecule has 1 aromatic carbocycles. The Morgan fingerprint density at radius 2 is 1.70 bits per heavy atom. The molecule has 0 radical (unpaired) electrons. The summed E-state index contributed by atoms with van der Waals surface area (Å²) in [5, 5.41) is 3.55. The van der Waals surface area contributed by atoms with Crippen LogP contribution in [0.4, 0.5) is 0 Å². The number of rotatable bonds is 4. The minimum atomic E-state index is -0.302. The van der Waals surface area contributed by atoms with Gasteiger partial charge in [0, 0.05) is 49.1 Å². The molecule has 2 aromatic heterocycles. The lowest BCUT2D eigenvalue weighted by atomic mass is 9.93. The third-order valence-corrected chi connectivity index (χ3v) is 8.87. The zero-order valence-electron chi connectivity index (χ0n) is 21.2. The lowest BCUT2D eigenvalue weighted by Crippen LogP contribution is -2.51. The van der Waals surface area contributed by atoms with Crippen LogP contribution in [0.2, 0.25) is 0 Å². The number of carbonyl (C=O) groups excluding carboxylic acids is 3. The van der Waals surface area contributed by atoms with Crippen LogP contribution in [0.25, 0.3) is 22.3 Å². The summed E-state index contributed by atoms with van der Waals surface area (Å²) in [7, 11) is 2.02. The van der Waals surface area contributed by atoms with Crippen LogP contribution in [0.3, 0.4) is 0 Å². The van der Waals surface area contributed by atoms with E-state index in [1.807, 2.05) is 25.2 Å². The third-order valence-electron chi connectivity index (χ3n) is 8.87. The number of piperidine rings is 2. The molecular formula is C29H31N5O3. The van der Waals surface area contributed by atoms with E-state index in [0.717, 1.165) is 47.1 Å². The molecule has 3 fully saturated rings. The fraction of sp³-hybridized carbons (Fsp3) is 0.448. The maximum atomic E-state index is 13.1. The van der Waals surface area contributed by atoms with Crippen molar-refractivity contribution in [1.82, 2.24) is 24.5 Å². The number of aryl methyl sites for hydroxylation is 1. The summed E-state index contributed by atoms with van der Waals surface area (Å²) in [4.78, 5) is 45.6. The van der Waals surface area contributed by atoms with Crippen LogP contribution in [0.15, 0.2) is 36.5 Å². The van der Waals surface area contributed by atoms with Crippen molar-refractivity contribution in [1.29, 1.82) is 0 Å². The standard InChI is InChI=1S/C29H31N5O3/c1-31-12-7-22-21(17-32-13-10-29(8-9-29)11-14-32)16-24(30-27(22)31)19-5-6-23-20(15-19)18-33(28(23)37)34-25(35)3-2-4-26(34)36/h5-7,12,15-16H,2-4,8-11,13-14,17-18H2,1H3. The predicted molar refractivity (Wildman–Crippen MR) is 138 cm³/mol. The quantitative estimate of drug-likeness (QED) is 0.509. The number of hydrazine groups is 1. The number of nitrogens with zero attached hydrogens (tertiary/aromatic N) is 5. The third kappa shape index (κ3) is 3.77. The van der Waals surface area contributed by atoms with Crippen molar-refractivity contribution in [2.75, 3.05) is 13.1 Å². The second kappa shape index (κ2) is 8.25. The Bertz CT molecular complexity index is 1440. The Labute approximate surface area is 215 Å². The molecule has 5 heterocycles. The molecule has 0 N–H and O–H groups in total. The number of likely N-dealkylation sites (tertiary alicyclic amines) is 1. The second-order valence-electron chi connectivity index (χ2n) is 11.3. The fourth-order valence-electron chi connectivity index (χ4n) is 6.32. The molecule has 0 bridgehead atoms. The average molecular weight is 498 g/mol. The van der Waals surface area contributed by atoms with E-state index < -0.39 is 0 Å². The molecule has 1 saturated carbocycles. The van der Waals surface area contributed by atoms with Crippen LogP contribution < -0.4 is 0 Å². The number of amides is 3. The van der Waals surface area contributed by atoms with Crippen molar-refractivity contribution in [3.05, 3.63) is 53.2 Å². The smallest absolute Gasteiger partial charge is 0.273 e. The molecule has 3 amide bonds. The molecule has 2 saturated heterocycles. The first kappa shape index (κ1) is 22.7. The Morgan fingerprint density at radius 3 is 2.43 bits per heavy atom. The van der Waals surface area contributed by atoms with Gasteiger partial charge in [-0.15, -0.1) is 0 Å². The Kier molecular flexibility index (Phi) is 5.05. The molecule has 1 aliphatic carbocycles. The summed E-state index contributed by atoms with van der Waals surface area (Å²) >= 11 is 0. The number of fused-ring (bicyclic) bond motifs is 2. The first-order valence-corrected chi connectivity index (χ1v) is 13.4. The highest BCUT2D eigenvalue weighted by molar-refractivity contribution is 6.04. The molecule has 0 unspecified atom stereocenters. The van der Waals surface area contributed by atoms with Gasteiger partial charge in [0.2, 0.25) is 11.8 Å². The summed E-state index contributed by atoms with van der Waals surface area (Å²) in [6.45, 7) is 3.42. The Hall–Kier alpha value is -3.52. The van der Waals surface area contributed by atoms with E-state index in [1.54, 1.807) is 0 Å². The largest absolute Gasteiger partial charge is 0.336 e. The monoisotopic (exact) mass is 497 g/mol. The minimum Gasteiger partial charge on any atom is -0.336 e. The van der Waals surface area contributed by atoms with Gasteiger partial charge in [0.15, 0.2) is 0 Å². The molecule has 1 spiro atoms. The minimum absolute atomic E-state index is 0.217. The van der Waals surface area contributed by atoms with Crippen molar-refractivity contribution >= 4 is 28.8 Å². The highest BCUT2D eigenvalue weighted by Gasteiger charge is 2.44. The number of carbonyl (C=O) groups is 3. The van der Waals surface area contributed by atoms with E-state index in [0.29, 0.717) is 30.2 Å². The molecule has 37 heavy (non-hydrogen) atoms. The Balaban J connectivity index is 1.20. The van der Waals surface area contributed by atoms with E-state index in [-0.39, 0.29) is 24.3 Å². The Morgan fingerprint density at radius 1 is 0.946 bits per heavy atom. The number of imide groups is 1. The van der Waals surface area contributed by atoms with E-state index in [2.05, 4.69) is 27.8 Å². The number of hydrogen-bond acceptors (Lipinski definition) is 5. The van der Waals surface area contributed by atoms with E-state index >= 15 is 0 Å². The van der Waals surface area contributed by atoms with Gasteiger partial charge < -0.3 is 4.57 Å². The van der Waals surface area contributed by atoms with Crippen molar-refractivity contribution in [3.63, 3.8) is 0 Å². The van der Waals surface area contributed by atoms with Crippen LogP contribution in [0.1, 0.15) is 66.4 Å². The molecule has 3 aromatic rings. The second-order valence-corrected chi connectivity index (χ2v) is 11.3. The normalized spacial score (nSPS) is 21.4. The summed E-state index contributed by atoms with van der Waals surface area (Å²) < 4.78 is 2.06. The maximum absolute atomic E-state index is 13.1. The molecule has 0 atom stereocenters. The summed E-state index contributed by atoms with van der Waals surface area (Å²) in [5.41, 5.74) is 6.04. The van der Waals surface area contributed by atoms with Crippen LogP contribution in [0.5, 0.6) is 0 Å². The van der Waals surface area contributed by atoms with Gasteiger partial charge in [-0.05, 0) is 86.0 Å². The molecule has 8 nitrogen and oxygen atoms in total. The van der Waals surface area contributed by atoms with Crippen LogP contribution in [0, 0.1) is 5.41 Å². The van der Waals surface area contributed by atoms with Gasteiger partial charge in [0.1, 0.15) is 5.65 Å². The van der Waals surface area contributed by atoms with E-state index in [9.17, 15) is 14.4 Å². The van der Waals surface area contributed by atoms with Crippen molar-refractivity contribution in [3.8, 4) is 11.3 Å². The molecule has 7 rings (SSSR count). The van der Waals surface area contributed by atoms with Gasteiger partial charge >= 0.3 is 0 Å². The summed E-state index contributed by atoms with van der Waals surface area (Å²) in [5.74, 6) is -0.901. The zero-order valence-corrected chi connectivity index (χ0v) is 21.2. The van der Waals surface area contributed by atoms with E-state index in [4.69, 9.17) is 4.98 Å². The first-order chi connectivity index (χ1) is 17.9.